The highest BCUT2D eigenvalue weighted by molar-refractivity contribution is 6.15. The van der Waals surface area contributed by atoms with Crippen LogP contribution in [-0.4, -0.2) is 23.3 Å². The minimum absolute atomic E-state index is 0.315. The van der Waals surface area contributed by atoms with Gasteiger partial charge in [0.2, 0.25) is 0 Å². The van der Waals surface area contributed by atoms with E-state index in [0.717, 1.165) is 40.4 Å². The van der Waals surface area contributed by atoms with E-state index in [-0.39, 0.29) is 0 Å². The van der Waals surface area contributed by atoms with Crippen LogP contribution in [0.3, 0.4) is 0 Å². The largest absolute Gasteiger partial charge is 0.508 e. The van der Waals surface area contributed by atoms with Crippen molar-refractivity contribution in [2.24, 2.45) is 0 Å². The van der Waals surface area contributed by atoms with Gasteiger partial charge in [0, 0.05) is 11.6 Å². The number of aromatic nitrogens is 1. The molecule has 0 saturated heterocycles. The van der Waals surface area contributed by atoms with Crippen molar-refractivity contribution in [2.75, 3.05) is 13.2 Å². The van der Waals surface area contributed by atoms with Crippen LogP contribution in [0.2, 0.25) is 0 Å². The van der Waals surface area contributed by atoms with Crippen molar-refractivity contribution >= 4 is 21.7 Å². The SMILES string of the molecule is Oc1ccc2c(c1)CCc1c-2c2ccc(OCCOCc3ccccc3)cc2c2cccnc12. The molecule has 0 fully saturated rings. The lowest BCUT2D eigenvalue weighted by atomic mass is 9.81. The summed E-state index contributed by atoms with van der Waals surface area (Å²) in [5.41, 5.74) is 7.07. The second-order valence-electron chi connectivity index (χ2n) is 8.69. The third kappa shape index (κ3) is 3.76. The number of nitrogens with zero attached hydrogens (tertiary/aromatic N) is 1. The van der Waals surface area contributed by atoms with Crippen molar-refractivity contribution in [1.82, 2.24) is 4.98 Å². The predicted octanol–water partition coefficient (Wildman–Crippen LogP) is 6.45. The lowest BCUT2D eigenvalue weighted by molar-refractivity contribution is 0.0890. The summed E-state index contributed by atoms with van der Waals surface area (Å²) in [5.74, 6) is 1.14. The molecule has 0 spiro atoms. The highest BCUT2D eigenvalue weighted by atomic mass is 16.5. The van der Waals surface area contributed by atoms with Gasteiger partial charge in [-0.1, -0.05) is 48.5 Å². The van der Waals surface area contributed by atoms with E-state index in [9.17, 15) is 5.11 Å². The quantitative estimate of drug-likeness (QED) is 0.240. The molecule has 1 heterocycles. The fraction of sp³-hybridized carbons (Fsp3) is 0.167. The number of aryl methyl sites for hydroxylation is 2. The Balaban J connectivity index is 1.33. The van der Waals surface area contributed by atoms with Crippen LogP contribution in [-0.2, 0) is 24.2 Å². The molecule has 1 aliphatic carbocycles. The molecule has 4 aromatic carbocycles. The van der Waals surface area contributed by atoms with Crippen molar-refractivity contribution < 1.29 is 14.6 Å². The molecule has 4 nitrogen and oxygen atoms in total. The van der Waals surface area contributed by atoms with Gasteiger partial charge in [0.05, 0.1) is 18.7 Å². The third-order valence-electron chi connectivity index (χ3n) is 6.56. The molecular weight excluding hydrogens is 422 g/mol. The van der Waals surface area contributed by atoms with Crippen LogP contribution in [0.4, 0.5) is 0 Å². The number of ether oxygens (including phenoxy) is 2. The van der Waals surface area contributed by atoms with Crippen molar-refractivity contribution in [3.05, 3.63) is 102 Å². The van der Waals surface area contributed by atoms with Crippen LogP contribution < -0.4 is 4.74 Å². The molecule has 0 amide bonds. The van der Waals surface area contributed by atoms with Crippen LogP contribution in [0.1, 0.15) is 16.7 Å². The molecule has 4 heteroatoms. The maximum absolute atomic E-state index is 10.0. The maximum atomic E-state index is 10.0. The third-order valence-corrected chi connectivity index (χ3v) is 6.56. The molecule has 0 unspecified atom stereocenters. The van der Waals surface area contributed by atoms with Gasteiger partial charge in [0.15, 0.2) is 0 Å². The molecule has 5 aromatic rings. The minimum atomic E-state index is 0.315. The smallest absolute Gasteiger partial charge is 0.120 e. The van der Waals surface area contributed by atoms with Gasteiger partial charge in [-0.3, -0.25) is 4.98 Å². The summed E-state index contributed by atoms with van der Waals surface area (Å²) in [5, 5.41) is 13.5. The van der Waals surface area contributed by atoms with Crippen molar-refractivity contribution in [1.29, 1.82) is 0 Å². The Kier molecular flexibility index (Phi) is 5.36. The monoisotopic (exact) mass is 447 g/mol. The van der Waals surface area contributed by atoms with E-state index in [1.165, 1.54) is 27.6 Å². The number of rotatable bonds is 6. The zero-order valence-corrected chi connectivity index (χ0v) is 18.8. The Bertz CT molecular complexity index is 1490. The zero-order chi connectivity index (χ0) is 22.9. The number of pyridine rings is 1. The van der Waals surface area contributed by atoms with E-state index < -0.39 is 0 Å². The van der Waals surface area contributed by atoms with Gasteiger partial charge in [-0.15, -0.1) is 0 Å². The van der Waals surface area contributed by atoms with Crippen molar-refractivity contribution in [2.45, 2.75) is 19.4 Å². The molecule has 0 radical (unpaired) electrons. The molecule has 34 heavy (non-hydrogen) atoms. The second-order valence-corrected chi connectivity index (χ2v) is 8.69. The number of aromatic hydroxyl groups is 1. The van der Waals surface area contributed by atoms with Crippen LogP contribution >= 0.6 is 0 Å². The summed E-state index contributed by atoms with van der Waals surface area (Å²) >= 11 is 0. The van der Waals surface area contributed by atoms with E-state index >= 15 is 0 Å². The fourth-order valence-corrected chi connectivity index (χ4v) is 5.02. The predicted molar refractivity (Wildman–Crippen MR) is 135 cm³/mol. The van der Waals surface area contributed by atoms with E-state index in [0.29, 0.717) is 25.6 Å². The van der Waals surface area contributed by atoms with Gasteiger partial charge in [-0.2, -0.15) is 0 Å². The van der Waals surface area contributed by atoms with Gasteiger partial charge in [0.25, 0.3) is 0 Å². The Morgan fingerprint density at radius 2 is 1.71 bits per heavy atom. The molecule has 0 saturated carbocycles. The number of hydrogen-bond donors (Lipinski definition) is 1. The maximum Gasteiger partial charge on any atom is 0.120 e. The van der Waals surface area contributed by atoms with E-state index in [1.807, 2.05) is 48.7 Å². The van der Waals surface area contributed by atoms with E-state index in [4.69, 9.17) is 14.5 Å². The summed E-state index contributed by atoms with van der Waals surface area (Å²) in [6.45, 7) is 1.59. The molecule has 0 bridgehead atoms. The first kappa shape index (κ1) is 20.7. The highest BCUT2D eigenvalue weighted by Crippen LogP contribution is 2.44. The average molecular weight is 448 g/mol. The van der Waals surface area contributed by atoms with Crippen LogP contribution in [0, 0.1) is 0 Å². The molecule has 168 valence electrons. The number of fused-ring (bicyclic) bond motifs is 8. The Morgan fingerprint density at radius 3 is 2.62 bits per heavy atom. The molecule has 0 atom stereocenters. The summed E-state index contributed by atoms with van der Waals surface area (Å²) < 4.78 is 11.8. The topological polar surface area (TPSA) is 51.6 Å². The summed E-state index contributed by atoms with van der Waals surface area (Å²) in [4.78, 5) is 4.77. The Labute approximate surface area is 198 Å². The molecule has 0 aliphatic heterocycles. The number of benzene rings is 4. The van der Waals surface area contributed by atoms with Gasteiger partial charge >= 0.3 is 0 Å². The van der Waals surface area contributed by atoms with Gasteiger partial charge in [0.1, 0.15) is 18.1 Å². The second kappa shape index (κ2) is 8.81. The van der Waals surface area contributed by atoms with Crippen LogP contribution in [0.5, 0.6) is 11.5 Å². The number of phenols is 1. The number of phenolic OH excluding ortho intramolecular Hbond substituents is 1. The first-order chi connectivity index (χ1) is 16.8. The summed E-state index contributed by atoms with van der Waals surface area (Å²) in [6.07, 6.45) is 3.68. The lowest BCUT2D eigenvalue weighted by Crippen LogP contribution is -2.08. The first-order valence-electron chi connectivity index (χ1n) is 11.7. The molecule has 1 aliphatic rings. The Hall–Kier alpha value is -3.89. The highest BCUT2D eigenvalue weighted by Gasteiger charge is 2.23. The fourth-order valence-electron chi connectivity index (χ4n) is 5.02. The van der Waals surface area contributed by atoms with E-state index in [1.54, 1.807) is 6.07 Å². The number of hydrogen-bond acceptors (Lipinski definition) is 4. The first-order valence-corrected chi connectivity index (χ1v) is 11.7. The molecule has 6 rings (SSSR count). The van der Waals surface area contributed by atoms with Crippen molar-refractivity contribution in [3.8, 4) is 22.6 Å². The Morgan fingerprint density at radius 1 is 0.794 bits per heavy atom. The zero-order valence-electron chi connectivity index (χ0n) is 18.8. The van der Waals surface area contributed by atoms with E-state index in [2.05, 4.69) is 30.3 Å². The van der Waals surface area contributed by atoms with Crippen LogP contribution in [0.25, 0.3) is 32.8 Å². The average Bonchev–Trinajstić information content (AvgIpc) is 2.88. The van der Waals surface area contributed by atoms with Gasteiger partial charge in [-0.05, 0) is 81.8 Å². The van der Waals surface area contributed by atoms with Gasteiger partial charge < -0.3 is 14.6 Å². The molecule has 1 N–H and O–H groups in total. The lowest BCUT2D eigenvalue weighted by Gasteiger charge is -2.24. The minimum Gasteiger partial charge on any atom is -0.508 e. The van der Waals surface area contributed by atoms with Gasteiger partial charge in [-0.25, -0.2) is 0 Å². The summed E-state index contributed by atoms with van der Waals surface area (Å²) in [6, 6.07) is 26.3. The summed E-state index contributed by atoms with van der Waals surface area (Å²) in [7, 11) is 0. The molecule has 1 aromatic heterocycles. The van der Waals surface area contributed by atoms with Crippen LogP contribution in [0.15, 0.2) is 85.1 Å². The van der Waals surface area contributed by atoms with Crippen molar-refractivity contribution in [3.63, 3.8) is 0 Å². The normalized spacial score (nSPS) is 12.5. The molecular formula is C30H25NO3. The standard InChI is InChI=1S/C30H25NO3/c32-22-9-12-24-21(17-22)8-11-27-29(24)25-13-10-23(18-28(25)26-7-4-14-31-30(26)27)34-16-15-33-19-20-5-2-1-3-6-20/h1-7,9-10,12-14,17-18,32H,8,11,15-16,19H2.